The van der Waals surface area contributed by atoms with E-state index in [0.29, 0.717) is 4.73 Å². The van der Waals surface area contributed by atoms with Gasteiger partial charge in [-0.3, -0.25) is 25.2 Å². The van der Waals surface area contributed by atoms with E-state index in [1.165, 1.54) is 39.0 Å². The fourth-order valence-corrected chi connectivity index (χ4v) is 1.46. The maximum Gasteiger partial charge on any atom is 0.318 e. The lowest BCUT2D eigenvalue weighted by Gasteiger charge is -2.05. The van der Waals surface area contributed by atoms with Gasteiger partial charge in [-0.25, -0.2) is 0 Å². The van der Waals surface area contributed by atoms with Gasteiger partial charge in [-0.1, -0.05) is 0 Å². The fourth-order valence-electron chi connectivity index (χ4n) is 1.46. The molecule has 23 heavy (non-hydrogen) atoms. The Bertz CT molecular complexity index is 656. The Morgan fingerprint density at radius 1 is 0.957 bits per heavy atom. The van der Waals surface area contributed by atoms with Crippen molar-refractivity contribution in [2.24, 2.45) is 0 Å². The topological polar surface area (TPSA) is 145 Å². The smallest absolute Gasteiger partial charge is 0.318 e. The molecule has 0 saturated heterocycles. The van der Waals surface area contributed by atoms with Gasteiger partial charge in [0.25, 0.3) is 0 Å². The molecular formula is C12H12N4O7. The standard InChI is InChI=1S/C8H8N2O6.C4H4N2O/c1-15-7-4-8(16-2)6(10(13)14)3-5(7)9(11)12;7-6-3-1-5-2-4-6/h3-4H,1-2H3;1-4H. The second-order valence-corrected chi connectivity index (χ2v) is 3.82. The SMILES string of the molecule is COc1cc(OC)c([N+](=O)[O-])cc1[N+](=O)[O-].[O-][n+]1ccncc1. The van der Waals surface area contributed by atoms with Crippen LogP contribution in [0.1, 0.15) is 0 Å². The number of benzene rings is 1. The van der Waals surface area contributed by atoms with Crippen LogP contribution < -0.4 is 14.2 Å². The zero-order chi connectivity index (χ0) is 17.4. The number of ether oxygens (including phenoxy) is 2. The molecule has 122 valence electrons. The summed E-state index contributed by atoms with van der Waals surface area (Å²) in [5.41, 5.74) is -0.954. The Morgan fingerprint density at radius 3 is 1.65 bits per heavy atom. The normalized spacial score (nSPS) is 9.30. The molecule has 0 aliphatic heterocycles. The Kier molecular flexibility index (Phi) is 6.16. The molecule has 2 rings (SSSR count). The van der Waals surface area contributed by atoms with Crippen LogP contribution in [0.25, 0.3) is 0 Å². The van der Waals surface area contributed by atoms with Crippen molar-refractivity contribution in [3.63, 3.8) is 0 Å². The molecule has 0 N–H and O–H groups in total. The summed E-state index contributed by atoms with van der Waals surface area (Å²) in [4.78, 5) is 23.3. The Balaban J connectivity index is 0.000000313. The fraction of sp³-hybridized carbons (Fsp3) is 0.167. The van der Waals surface area contributed by atoms with Crippen LogP contribution in [0.5, 0.6) is 11.5 Å². The molecule has 11 heteroatoms. The van der Waals surface area contributed by atoms with Crippen LogP contribution in [-0.4, -0.2) is 29.1 Å². The van der Waals surface area contributed by atoms with E-state index in [4.69, 9.17) is 9.47 Å². The summed E-state index contributed by atoms with van der Waals surface area (Å²) in [6.45, 7) is 0. The number of hydrogen-bond acceptors (Lipinski definition) is 8. The van der Waals surface area contributed by atoms with Gasteiger partial charge in [0.1, 0.15) is 6.07 Å². The highest BCUT2D eigenvalue weighted by atomic mass is 16.6. The quantitative estimate of drug-likeness (QED) is 0.353. The molecule has 0 amide bonds. The summed E-state index contributed by atoms with van der Waals surface area (Å²) in [5.74, 6) is -0.181. The molecule has 0 fully saturated rings. The minimum absolute atomic E-state index is 0.0903. The second-order valence-electron chi connectivity index (χ2n) is 3.82. The summed E-state index contributed by atoms with van der Waals surface area (Å²) >= 11 is 0. The molecule has 11 nitrogen and oxygen atoms in total. The summed E-state index contributed by atoms with van der Waals surface area (Å²) in [7, 11) is 2.46. The molecule has 0 spiro atoms. The highest BCUT2D eigenvalue weighted by molar-refractivity contribution is 5.61. The largest absolute Gasteiger partial charge is 0.619 e. The Labute approximate surface area is 129 Å². The van der Waals surface area contributed by atoms with Crippen molar-refractivity contribution in [2.75, 3.05) is 14.2 Å². The highest BCUT2D eigenvalue weighted by Crippen LogP contribution is 2.38. The van der Waals surface area contributed by atoms with E-state index in [1.807, 2.05) is 0 Å². The summed E-state index contributed by atoms with van der Waals surface area (Å²) in [6.07, 6.45) is 5.54. The third-order valence-electron chi connectivity index (χ3n) is 2.47. The summed E-state index contributed by atoms with van der Waals surface area (Å²) in [5, 5.41) is 31.4. The number of hydrogen-bond donors (Lipinski definition) is 0. The predicted octanol–water partition coefficient (Wildman–Crippen LogP) is 1.24. The van der Waals surface area contributed by atoms with E-state index in [0.717, 1.165) is 12.1 Å². The number of rotatable bonds is 4. The first kappa shape index (κ1) is 17.6. The number of aromatic nitrogens is 2. The van der Waals surface area contributed by atoms with E-state index in [-0.39, 0.29) is 11.5 Å². The van der Waals surface area contributed by atoms with Crippen LogP contribution in [0, 0.1) is 25.4 Å². The zero-order valence-corrected chi connectivity index (χ0v) is 12.1. The van der Waals surface area contributed by atoms with Crippen LogP contribution in [0.3, 0.4) is 0 Å². The van der Waals surface area contributed by atoms with E-state index in [1.54, 1.807) is 0 Å². The third kappa shape index (κ3) is 4.77. The van der Waals surface area contributed by atoms with Crippen LogP contribution in [0.4, 0.5) is 11.4 Å². The van der Waals surface area contributed by atoms with Gasteiger partial charge in [-0.2, -0.15) is 4.73 Å². The van der Waals surface area contributed by atoms with Gasteiger partial charge in [-0.05, 0) is 0 Å². The lowest BCUT2D eigenvalue weighted by molar-refractivity contribution is -0.606. The van der Waals surface area contributed by atoms with Crippen molar-refractivity contribution in [1.82, 2.24) is 4.98 Å². The monoisotopic (exact) mass is 324 g/mol. The molecule has 0 atom stereocenters. The lowest BCUT2D eigenvalue weighted by Crippen LogP contribution is -2.23. The minimum atomic E-state index is -0.759. The number of nitro groups is 2. The summed E-state index contributed by atoms with van der Waals surface area (Å²) < 4.78 is 10.2. The highest BCUT2D eigenvalue weighted by Gasteiger charge is 2.25. The molecule has 1 heterocycles. The molecule has 0 bridgehead atoms. The summed E-state index contributed by atoms with van der Waals surface area (Å²) in [6, 6.07) is 1.91. The van der Waals surface area contributed by atoms with E-state index < -0.39 is 21.2 Å². The molecule has 0 unspecified atom stereocenters. The number of nitrogens with zero attached hydrogens (tertiary/aromatic N) is 4. The number of methoxy groups -OCH3 is 2. The average Bonchev–Trinajstić information content (AvgIpc) is 2.54. The maximum absolute atomic E-state index is 10.6. The van der Waals surface area contributed by atoms with E-state index >= 15 is 0 Å². The van der Waals surface area contributed by atoms with E-state index in [9.17, 15) is 25.4 Å². The van der Waals surface area contributed by atoms with Crippen molar-refractivity contribution in [1.29, 1.82) is 0 Å². The maximum atomic E-state index is 10.6. The molecule has 1 aromatic heterocycles. The van der Waals surface area contributed by atoms with Crippen molar-refractivity contribution < 1.29 is 24.1 Å². The Morgan fingerprint density at radius 2 is 1.39 bits per heavy atom. The van der Waals surface area contributed by atoms with E-state index in [2.05, 4.69) is 4.98 Å². The molecule has 0 aliphatic carbocycles. The first-order valence-corrected chi connectivity index (χ1v) is 5.94. The average molecular weight is 324 g/mol. The van der Waals surface area contributed by atoms with Gasteiger partial charge in [0.05, 0.1) is 36.5 Å². The Hall–Kier alpha value is -3.50. The van der Waals surface area contributed by atoms with Crippen LogP contribution in [0.2, 0.25) is 0 Å². The van der Waals surface area contributed by atoms with Crippen LogP contribution in [0.15, 0.2) is 36.9 Å². The van der Waals surface area contributed by atoms with Crippen molar-refractivity contribution >= 4 is 11.4 Å². The second kappa shape index (κ2) is 8.07. The van der Waals surface area contributed by atoms with Crippen LogP contribution >= 0.6 is 0 Å². The molecule has 1 aromatic carbocycles. The lowest BCUT2D eigenvalue weighted by atomic mass is 10.2. The number of nitro benzene ring substituents is 2. The van der Waals surface area contributed by atoms with Gasteiger partial charge in [-0.15, -0.1) is 0 Å². The van der Waals surface area contributed by atoms with Crippen molar-refractivity contribution in [2.45, 2.75) is 0 Å². The van der Waals surface area contributed by atoms with Gasteiger partial charge < -0.3 is 14.7 Å². The van der Waals surface area contributed by atoms with Gasteiger partial charge >= 0.3 is 11.4 Å². The molecule has 0 aliphatic rings. The molecule has 0 radical (unpaired) electrons. The van der Waals surface area contributed by atoms with Crippen LogP contribution in [-0.2, 0) is 0 Å². The van der Waals surface area contributed by atoms with Crippen molar-refractivity contribution in [3.8, 4) is 11.5 Å². The van der Waals surface area contributed by atoms with Gasteiger partial charge in [0.15, 0.2) is 12.4 Å². The zero-order valence-electron chi connectivity index (χ0n) is 12.1. The first-order chi connectivity index (χ1) is 10.9. The minimum Gasteiger partial charge on any atom is -0.619 e. The molecule has 2 aromatic rings. The molecule has 0 saturated carbocycles. The molecular weight excluding hydrogens is 312 g/mol. The predicted molar refractivity (Wildman–Crippen MR) is 76.1 cm³/mol. The third-order valence-corrected chi connectivity index (χ3v) is 2.47. The van der Waals surface area contributed by atoms with Gasteiger partial charge in [0.2, 0.25) is 11.5 Å². The van der Waals surface area contributed by atoms with Gasteiger partial charge in [0, 0.05) is 6.07 Å². The first-order valence-electron chi connectivity index (χ1n) is 5.94. The van der Waals surface area contributed by atoms with Crippen molar-refractivity contribution in [3.05, 3.63) is 62.4 Å².